The van der Waals surface area contributed by atoms with Gasteiger partial charge in [0, 0.05) is 12.4 Å². The summed E-state index contributed by atoms with van der Waals surface area (Å²) in [6.07, 6.45) is 4.35. The Balaban J connectivity index is 2.14. The van der Waals surface area contributed by atoms with Crippen molar-refractivity contribution in [2.75, 3.05) is 5.32 Å². The fourth-order valence-electron chi connectivity index (χ4n) is 1.47. The van der Waals surface area contributed by atoms with Crippen LogP contribution in [-0.2, 0) is 0 Å². The molecule has 2 aromatic heterocycles. The summed E-state index contributed by atoms with van der Waals surface area (Å²) in [5, 5.41) is 11.4. The van der Waals surface area contributed by atoms with E-state index in [0.29, 0.717) is 5.69 Å². The topological polar surface area (TPSA) is 92.2 Å². The lowest BCUT2D eigenvalue weighted by molar-refractivity contribution is 0.0696. The second-order valence-corrected chi connectivity index (χ2v) is 3.94. The summed E-state index contributed by atoms with van der Waals surface area (Å²) in [4.78, 5) is 30.3. The number of nitrogens with zero attached hydrogens (tertiary/aromatic N) is 2. The summed E-state index contributed by atoms with van der Waals surface area (Å²) in [6.45, 7) is 1.86. The van der Waals surface area contributed by atoms with Crippen molar-refractivity contribution < 1.29 is 14.7 Å². The van der Waals surface area contributed by atoms with Crippen molar-refractivity contribution in [2.24, 2.45) is 0 Å². The number of anilines is 1. The number of carboxylic acids is 1. The fourth-order valence-corrected chi connectivity index (χ4v) is 1.47. The minimum absolute atomic E-state index is 0.0359. The van der Waals surface area contributed by atoms with Gasteiger partial charge in [-0.1, -0.05) is 0 Å². The summed E-state index contributed by atoms with van der Waals surface area (Å²) >= 11 is 0. The van der Waals surface area contributed by atoms with Crippen molar-refractivity contribution in [2.45, 2.75) is 6.92 Å². The quantitative estimate of drug-likeness (QED) is 0.873. The third kappa shape index (κ3) is 3.12. The van der Waals surface area contributed by atoms with Crippen LogP contribution in [0.25, 0.3) is 0 Å². The third-order valence-corrected chi connectivity index (χ3v) is 2.38. The van der Waals surface area contributed by atoms with Gasteiger partial charge >= 0.3 is 5.97 Å². The minimum atomic E-state index is -1.08. The van der Waals surface area contributed by atoms with Gasteiger partial charge in [0.25, 0.3) is 5.91 Å². The number of carboxylic acid groups (broad SMARTS) is 1. The SMILES string of the molecule is Cc1cncc(NC(=O)c2ccc(C(=O)O)cn2)c1. The second-order valence-electron chi connectivity index (χ2n) is 3.94. The number of nitrogens with one attached hydrogen (secondary N) is 1. The smallest absolute Gasteiger partial charge is 0.337 e. The maximum atomic E-state index is 11.9. The zero-order valence-corrected chi connectivity index (χ0v) is 10.1. The molecule has 0 atom stereocenters. The molecule has 19 heavy (non-hydrogen) atoms. The zero-order valence-electron chi connectivity index (χ0n) is 10.1. The van der Waals surface area contributed by atoms with Crippen LogP contribution in [0.3, 0.4) is 0 Å². The van der Waals surface area contributed by atoms with E-state index < -0.39 is 11.9 Å². The van der Waals surface area contributed by atoms with Crippen molar-refractivity contribution in [3.05, 3.63) is 53.6 Å². The Bertz CT molecular complexity index is 623. The van der Waals surface area contributed by atoms with Crippen LogP contribution in [0.2, 0.25) is 0 Å². The van der Waals surface area contributed by atoms with Crippen molar-refractivity contribution in [3.63, 3.8) is 0 Å². The van der Waals surface area contributed by atoms with Crippen LogP contribution in [-0.4, -0.2) is 27.0 Å². The maximum Gasteiger partial charge on any atom is 0.337 e. The average molecular weight is 257 g/mol. The number of aromatic carboxylic acids is 1. The molecule has 0 radical (unpaired) electrons. The lowest BCUT2D eigenvalue weighted by Crippen LogP contribution is -2.14. The van der Waals surface area contributed by atoms with Gasteiger partial charge in [0.2, 0.25) is 0 Å². The van der Waals surface area contributed by atoms with E-state index in [0.717, 1.165) is 11.8 Å². The standard InChI is InChI=1S/C13H11N3O3/c1-8-4-10(7-14-5-8)16-12(17)11-3-2-9(6-15-11)13(18)19/h2-7H,1H3,(H,16,17)(H,18,19). The maximum absolute atomic E-state index is 11.9. The summed E-state index contributed by atoms with van der Waals surface area (Å²) in [5.41, 5.74) is 1.67. The summed E-state index contributed by atoms with van der Waals surface area (Å²) in [5.74, 6) is -1.49. The van der Waals surface area contributed by atoms with Gasteiger partial charge in [0.1, 0.15) is 5.69 Å². The van der Waals surface area contributed by atoms with E-state index in [1.165, 1.54) is 18.3 Å². The first-order valence-electron chi connectivity index (χ1n) is 5.48. The molecule has 0 spiro atoms. The predicted molar refractivity (Wildman–Crippen MR) is 68.1 cm³/mol. The van der Waals surface area contributed by atoms with Crippen molar-refractivity contribution >= 4 is 17.6 Å². The van der Waals surface area contributed by atoms with E-state index in [9.17, 15) is 9.59 Å². The molecule has 0 aliphatic heterocycles. The number of hydrogen-bond donors (Lipinski definition) is 2. The molecule has 0 aliphatic carbocycles. The van der Waals surface area contributed by atoms with E-state index in [1.807, 2.05) is 6.92 Å². The largest absolute Gasteiger partial charge is 0.478 e. The van der Waals surface area contributed by atoms with Crippen LogP contribution >= 0.6 is 0 Å². The zero-order chi connectivity index (χ0) is 13.8. The first-order valence-corrected chi connectivity index (χ1v) is 5.48. The van der Waals surface area contributed by atoms with Crippen molar-refractivity contribution in [1.29, 1.82) is 0 Å². The van der Waals surface area contributed by atoms with E-state index in [2.05, 4.69) is 15.3 Å². The van der Waals surface area contributed by atoms with Crippen LogP contribution < -0.4 is 5.32 Å². The highest BCUT2D eigenvalue weighted by molar-refractivity contribution is 6.03. The molecule has 0 aromatic carbocycles. The van der Waals surface area contributed by atoms with Gasteiger partial charge in [0.15, 0.2) is 0 Å². The number of rotatable bonds is 3. The normalized spacial score (nSPS) is 9.95. The highest BCUT2D eigenvalue weighted by Crippen LogP contribution is 2.09. The molecule has 96 valence electrons. The molecule has 0 bridgehead atoms. The predicted octanol–water partition coefficient (Wildman–Crippen LogP) is 1.74. The fraction of sp³-hybridized carbons (Fsp3) is 0.0769. The Morgan fingerprint density at radius 1 is 1.21 bits per heavy atom. The average Bonchev–Trinajstić information content (AvgIpc) is 2.39. The first kappa shape index (κ1) is 12.7. The number of aryl methyl sites for hydroxylation is 1. The van der Waals surface area contributed by atoms with E-state index in [1.54, 1.807) is 12.3 Å². The third-order valence-electron chi connectivity index (χ3n) is 2.38. The molecule has 0 aliphatic rings. The van der Waals surface area contributed by atoms with Crippen LogP contribution in [0.4, 0.5) is 5.69 Å². The molecule has 2 N–H and O–H groups in total. The lowest BCUT2D eigenvalue weighted by atomic mass is 10.2. The molecule has 0 saturated heterocycles. The van der Waals surface area contributed by atoms with Crippen molar-refractivity contribution in [1.82, 2.24) is 9.97 Å². The number of amides is 1. The van der Waals surface area contributed by atoms with Gasteiger partial charge in [-0.25, -0.2) is 4.79 Å². The second kappa shape index (κ2) is 5.26. The van der Waals surface area contributed by atoms with E-state index in [4.69, 9.17) is 5.11 Å². The molecule has 0 saturated carbocycles. The van der Waals surface area contributed by atoms with E-state index in [-0.39, 0.29) is 11.3 Å². The highest BCUT2D eigenvalue weighted by Gasteiger charge is 2.09. The minimum Gasteiger partial charge on any atom is -0.478 e. The number of carbonyl (C=O) groups is 2. The summed E-state index contributed by atoms with van der Waals surface area (Å²) < 4.78 is 0. The Morgan fingerprint density at radius 3 is 2.58 bits per heavy atom. The van der Waals surface area contributed by atoms with Crippen molar-refractivity contribution in [3.8, 4) is 0 Å². The Hall–Kier alpha value is -2.76. The van der Waals surface area contributed by atoms with Crippen LogP contribution in [0.5, 0.6) is 0 Å². The molecule has 6 nitrogen and oxygen atoms in total. The molecule has 2 rings (SSSR count). The molecule has 6 heteroatoms. The number of hydrogen-bond acceptors (Lipinski definition) is 4. The van der Waals surface area contributed by atoms with Crippen LogP contribution in [0, 0.1) is 6.92 Å². The summed E-state index contributed by atoms with van der Waals surface area (Å²) in [7, 11) is 0. The highest BCUT2D eigenvalue weighted by atomic mass is 16.4. The molecule has 2 heterocycles. The number of pyridine rings is 2. The van der Waals surface area contributed by atoms with Crippen LogP contribution in [0.1, 0.15) is 26.4 Å². The summed E-state index contributed by atoms with van der Waals surface area (Å²) in [6, 6.07) is 4.47. The van der Waals surface area contributed by atoms with Gasteiger partial charge in [-0.2, -0.15) is 0 Å². The first-order chi connectivity index (χ1) is 9.06. The van der Waals surface area contributed by atoms with Crippen LogP contribution in [0.15, 0.2) is 36.8 Å². The van der Waals surface area contributed by atoms with Gasteiger partial charge < -0.3 is 10.4 Å². The molecule has 1 amide bonds. The van der Waals surface area contributed by atoms with E-state index >= 15 is 0 Å². The van der Waals surface area contributed by atoms with Gasteiger partial charge in [-0.15, -0.1) is 0 Å². The lowest BCUT2D eigenvalue weighted by Gasteiger charge is -2.05. The molecule has 2 aromatic rings. The Labute approximate surface area is 109 Å². The Morgan fingerprint density at radius 2 is 2.00 bits per heavy atom. The number of carbonyl (C=O) groups excluding carboxylic acids is 1. The molecular formula is C13H11N3O3. The Kier molecular flexibility index (Phi) is 3.51. The molecule has 0 fully saturated rings. The number of aromatic nitrogens is 2. The van der Waals surface area contributed by atoms with Gasteiger partial charge in [-0.05, 0) is 30.7 Å². The van der Waals surface area contributed by atoms with Gasteiger partial charge in [0.05, 0.1) is 17.4 Å². The molecule has 0 unspecified atom stereocenters. The molecular weight excluding hydrogens is 246 g/mol. The van der Waals surface area contributed by atoms with Gasteiger partial charge in [-0.3, -0.25) is 14.8 Å². The monoisotopic (exact) mass is 257 g/mol.